The van der Waals surface area contributed by atoms with Gasteiger partial charge in [0, 0.05) is 6.42 Å². The Morgan fingerprint density at radius 3 is 2.29 bits per heavy atom. The Morgan fingerprint density at radius 2 is 1.76 bits per heavy atom. The van der Waals surface area contributed by atoms with Crippen LogP contribution in [0.4, 0.5) is 0 Å². The molecule has 1 aromatic carbocycles. The van der Waals surface area contributed by atoms with Crippen LogP contribution in [0.25, 0.3) is 6.08 Å². The first kappa shape index (κ1) is 14.9. The molecule has 1 aromatic rings. The van der Waals surface area contributed by atoms with Crippen molar-refractivity contribution in [3.8, 4) is 5.75 Å². The first-order valence-corrected chi connectivity index (χ1v) is 6.59. The van der Waals surface area contributed by atoms with Gasteiger partial charge in [-0.25, -0.2) is 0 Å². The van der Waals surface area contributed by atoms with Crippen LogP contribution in [0.15, 0.2) is 29.8 Å². The van der Waals surface area contributed by atoms with Crippen molar-refractivity contribution < 1.29 is 19.1 Å². The third-order valence-electron chi connectivity index (χ3n) is 2.65. The molecule has 2 rings (SSSR count). The Morgan fingerprint density at radius 1 is 1.19 bits per heavy atom. The largest absolute Gasteiger partial charge is 0.427 e. The molecular formula is C14H12N2O4S. The fourth-order valence-corrected chi connectivity index (χ4v) is 1.79. The molecule has 2 N–H and O–H groups in total. The lowest BCUT2D eigenvalue weighted by Gasteiger charge is -2.16. The molecule has 0 spiro atoms. The Labute approximate surface area is 126 Å². The molecule has 2 amide bonds. The maximum atomic E-state index is 11.7. The van der Waals surface area contributed by atoms with Gasteiger partial charge in [-0.2, -0.15) is 0 Å². The van der Waals surface area contributed by atoms with Crippen molar-refractivity contribution in [2.75, 3.05) is 0 Å². The second kappa shape index (κ2) is 6.27. The number of carbonyl (C=O) groups excluding carboxylic acids is 3. The molecule has 1 fully saturated rings. The van der Waals surface area contributed by atoms with Crippen LogP contribution in [0.2, 0.25) is 0 Å². The van der Waals surface area contributed by atoms with Crippen LogP contribution in [-0.4, -0.2) is 22.9 Å². The van der Waals surface area contributed by atoms with Crippen LogP contribution in [-0.2, 0) is 14.4 Å². The van der Waals surface area contributed by atoms with Gasteiger partial charge in [0.15, 0.2) is 5.11 Å². The molecule has 0 unspecified atom stereocenters. The van der Waals surface area contributed by atoms with E-state index in [0.29, 0.717) is 11.3 Å². The maximum absolute atomic E-state index is 11.7. The lowest BCUT2D eigenvalue weighted by Crippen LogP contribution is -2.51. The summed E-state index contributed by atoms with van der Waals surface area (Å²) >= 11 is 4.71. The molecule has 0 atom stereocenters. The van der Waals surface area contributed by atoms with Crippen molar-refractivity contribution >= 4 is 41.2 Å². The number of benzene rings is 1. The van der Waals surface area contributed by atoms with E-state index in [0.717, 1.165) is 0 Å². The van der Waals surface area contributed by atoms with E-state index in [1.165, 1.54) is 6.08 Å². The summed E-state index contributed by atoms with van der Waals surface area (Å²) in [5.74, 6) is -1.03. The fraction of sp³-hybridized carbons (Fsp3) is 0.143. The minimum absolute atomic E-state index is 0.0102. The molecule has 0 aromatic heterocycles. The zero-order valence-corrected chi connectivity index (χ0v) is 12.0. The third-order valence-corrected chi connectivity index (χ3v) is 2.86. The lowest BCUT2D eigenvalue weighted by atomic mass is 10.1. The zero-order chi connectivity index (χ0) is 15.4. The van der Waals surface area contributed by atoms with Gasteiger partial charge in [0.2, 0.25) is 0 Å². The number of ether oxygens (including phenoxy) is 1. The number of rotatable bonds is 3. The van der Waals surface area contributed by atoms with Gasteiger partial charge in [-0.15, -0.1) is 0 Å². The van der Waals surface area contributed by atoms with Crippen LogP contribution in [0, 0.1) is 0 Å². The minimum Gasteiger partial charge on any atom is -0.427 e. The van der Waals surface area contributed by atoms with Crippen LogP contribution < -0.4 is 15.4 Å². The monoisotopic (exact) mass is 304 g/mol. The highest BCUT2D eigenvalue weighted by Gasteiger charge is 2.25. The van der Waals surface area contributed by atoms with Crippen molar-refractivity contribution in [1.29, 1.82) is 0 Å². The zero-order valence-electron chi connectivity index (χ0n) is 11.1. The molecule has 0 aliphatic carbocycles. The average molecular weight is 304 g/mol. The molecule has 1 aliphatic rings. The van der Waals surface area contributed by atoms with E-state index < -0.39 is 11.8 Å². The summed E-state index contributed by atoms with van der Waals surface area (Å²) in [6, 6.07) is 6.45. The fourth-order valence-electron chi connectivity index (χ4n) is 1.61. The number of nitrogens with one attached hydrogen (secondary N) is 2. The molecule has 1 aliphatic heterocycles. The summed E-state index contributed by atoms with van der Waals surface area (Å²) in [6.07, 6.45) is 1.71. The number of thiocarbonyl (C=S) groups is 1. The Bertz CT molecular complexity index is 627. The molecule has 7 heteroatoms. The Balaban J connectivity index is 2.17. The summed E-state index contributed by atoms with van der Waals surface area (Å²) in [6.45, 7) is 1.70. The van der Waals surface area contributed by atoms with Crippen LogP contribution in [0.5, 0.6) is 5.75 Å². The summed E-state index contributed by atoms with van der Waals surface area (Å²) in [4.78, 5) is 34.5. The third kappa shape index (κ3) is 3.73. The van der Waals surface area contributed by atoms with Gasteiger partial charge in [0.25, 0.3) is 11.8 Å². The summed E-state index contributed by atoms with van der Waals surface area (Å²) in [5.41, 5.74) is 0.585. The first-order valence-electron chi connectivity index (χ1n) is 6.18. The summed E-state index contributed by atoms with van der Waals surface area (Å²) in [5, 5.41) is 4.69. The lowest BCUT2D eigenvalue weighted by molar-refractivity contribution is -0.134. The number of amides is 2. The van der Waals surface area contributed by atoms with Crippen LogP contribution in [0.3, 0.4) is 0 Å². The van der Waals surface area contributed by atoms with E-state index in [9.17, 15) is 14.4 Å². The van der Waals surface area contributed by atoms with Crippen molar-refractivity contribution in [3.05, 3.63) is 35.4 Å². The quantitative estimate of drug-likeness (QED) is 0.285. The predicted molar refractivity (Wildman–Crippen MR) is 79.2 cm³/mol. The molecule has 1 heterocycles. The molecule has 0 bridgehead atoms. The van der Waals surface area contributed by atoms with E-state index in [1.54, 1.807) is 31.2 Å². The standard InChI is InChI=1S/C14H12N2O4S/c1-2-11(17)20-9-5-3-8(4-6-9)7-10-12(18)15-14(21)16-13(10)19/h3-7H,2H2,1H3,(H2,15,16,18,19,21). The number of hydrogen-bond acceptors (Lipinski definition) is 5. The molecule has 21 heavy (non-hydrogen) atoms. The van der Waals surface area contributed by atoms with Gasteiger partial charge in [-0.1, -0.05) is 19.1 Å². The maximum Gasteiger partial charge on any atom is 0.310 e. The van der Waals surface area contributed by atoms with E-state index in [-0.39, 0.29) is 23.1 Å². The predicted octanol–water partition coefficient (Wildman–Crippen LogP) is 0.916. The van der Waals surface area contributed by atoms with Crippen molar-refractivity contribution in [1.82, 2.24) is 10.6 Å². The smallest absolute Gasteiger partial charge is 0.310 e. The summed E-state index contributed by atoms with van der Waals surface area (Å²) in [7, 11) is 0. The Hall–Kier alpha value is -2.54. The first-order chi connectivity index (χ1) is 9.99. The molecule has 0 radical (unpaired) electrons. The average Bonchev–Trinajstić information content (AvgIpc) is 2.44. The van der Waals surface area contributed by atoms with Gasteiger partial charge in [0.1, 0.15) is 11.3 Å². The SMILES string of the molecule is CCC(=O)Oc1ccc(C=C2C(=O)NC(=S)NC2=O)cc1. The number of carbonyl (C=O) groups is 3. The number of hydrogen-bond donors (Lipinski definition) is 2. The van der Waals surface area contributed by atoms with Gasteiger partial charge in [-0.3, -0.25) is 25.0 Å². The van der Waals surface area contributed by atoms with Gasteiger partial charge in [-0.05, 0) is 36.0 Å². The van der Waals surface area contributed by atoms with Crippen LogP contribution >= 0.6 is 12.2 Å². The molecule has 1 saturated heterocycles. The molecule has 108 valence electrons. The van der Waals surface area contributed by atoms with Gasteiger partial charge in [0.05, 0.1) is 0 Å². The van der Waals surface area contributed by atoms with E-state index in [2.05, 4.69) is 10.6 Å². The molecule has 0 saturated carbocycles. The van der Waals surface area contributed by atoms with E-state index in [4.69, 9.17) is 17.0 Å². The van der Waals surface area contributed by atoms with Crippen molar-refractivity contribution in [2.24, 2.45) is 0 Å². The van der Waals surface area contributed by atoms with E-state index >= 15 is 0 Å². The highest BCUT2D eigenvalue weighted by Crippen LogP contribution is 2.16. The molecular weight excluding hydrogens is 292 g/mol. The number of esters is 1. The highest BCUT2D eigenvalue weighted by molar-refractivity contribution is 7.80. The van der Waals surface area contributed by atoms with E-state index in [1.807, 2.05) is 0 Å². The van der Waals surface area contributed by atoms with Gasteiger partial charge >= 0.3 is 5.97 Å². The Kier molecular flexibility index (Phi) is 4.44. The van der Waals surface area contributed by atoms with Crippen molar-refractivity contribution in [2.45, 2.75) is 13.3 Å². The highest BCUT2D eigenvalue weighted by atomic mass is 32.1. The van der Waals surface area contributed by atoms with Crippen LogP contribution in [0.1, 0.15) is 18.9 Å². The normalized spacial score (nSPS) is 14.3. The minimum atomic E-state index is -0.551. The summed E-state index contributed by atoms with van der Waals surface area (Å²) < 4.78 is 5.03. The molecule has 6 nitrogen and oxygen atoms in total. The second-order valence-electron chi connectivity index (χ2n) is 4.19. The topological polar surface area (TPSA) is 84.5 Å². The van der Waals surface area contributed by atoms with Gasteiger partial charge < -0.3 is 4.74 Å². The second-order valence-corrected chi connectivity index (χ2v) is 4.60. The van der Waals surface area contributed by atoms with Crippen molar-refractivity contribution in [3.63, 3.8) is 0 Å².